The summed E-state index contributed by atoms with van der Waals surface area (Å²) in [5, 5.41) is 9.01. The van der Waals surface area contributed by atoms with Crippen LogP contribution in [-0.4, -0.2) is 35.7 Å². The number of aliphatic hydroxyl groups excluding tert-OH is 1. The van der Waals surface area contributed by atoms with Crippen molar-refractivity contribution in [1.82, 2.24) is 4.90 Å². The van der Waals surface area contributed by atoms with E-state index in [1.54, 1.807) is 0 Å². The molecule has 1 aliphatic carbocycles. The maximum absolute atomic E-state index is 9.01. The highest BCUT2D eigenvalue weighted by atomic mass is 16.3. The van der Waals surface area contributed by atoms with E-state index in [2.05, 4.69) is 11.8 Å². The van der Waals surface area contributed by atoms with Crippen molar-refractivity contribution in [3.05, 3.63) is 0 Å². The zero-order valence-corrected chi connectivity index (χ0v) is 10.0. The minimum absolute atomic E-state index is 0.349. The fourth-order valence-corrected chi connectivity index (χ4v) is 3.49. The SMILES string of the molecule is CCC(CCO)N1CC2(CCCCC2)C1. The van der Waals surface area contributed by atoms with Gasteiger partial charge in [-0.15, -0.1) is 0 Å². The number of rotatable bonds is 4. The molecule has 0 aromatic heterocycles. The Hall–Kier alpha value is -0.0800. The molecule has 15 heavy (non-hydrogen) atoms. The van der Waals surface area contributed by atoms with Gasteiger partial charge >= 0.3 is 0 Å². The van der Waals surface area contributed by atoms with Crippen molar-refractivity contribution in [2.75, 3.05) is 19.7 Å². The largest absolute Gasteiger partial charge is 0.396 e. The highest BCUT2D eigenvalue weighted by Crippen LogP contribution is 2.44. The van der Waals surface area contributed by atoms with Gasteiger partial charge < -0.3 is 5.11 Å². The first-order chi connectivity index (χ1) is 7.29. The molecule has 1 spiro atoms. The molecule has 0 aromatic carbocycles. The summed E-state index contributed by atoms with van der Waals surface area (Å²) in [5.74, 6) is 0. The minimum atomic E-state index is 0.349. The summed E-state index contributed by atoms with van der Waals surface area (Å²) in [5.41, 5.74) is 0.696. The quantitative estimate of drug-likeness (QED) is 0.772. The van der Waals surface area contributed by atoms with E-state index in [1.807, 2.05) is 0 Å². The van der Waals surface area contributed by atoms with E-state index in [9.17, 15) is 0 Å². The van der Waals surface area contributed by atoms with Gasteiger partial charge in [-0.3, -0.25) is 4.90 Å². The van der Waals surface area contributed by atoms with Crippen LogP contribution in [0.15, 0.2) is 0 Å². The van der Waals surface area contributed by atoms with Crippen LogP contribution in [0.1, 0.15) is 51.9 Å². The van der Waals surface area contributed by atoms with Gasteiger partial charge in [-0.2, -0.15) is 0 Å². The molecule has 2 heteroatoms. The van der Waals surface area contributed by atoms with Crippen molar-refractivity contribution >= 4 is 0 Å². The number of hydrogen-bond acceptors (Lipinski definition) is 2. The Balaban J connectivity index is 1.80. The standard InChI is InChI=1S/C13H25NO/c1-2-12(6-9-15)14-10-13(11-14)7-4-3-5-8-13/h12,15H,2-11H2,1H3. The molecule has 1 saturated carbocycles. The summed E-state index contributed by atoms with van der Waals surface area (Å²) in [6.45, 7) is 5.21. The number of likely N-dealkylation sites (tertiary alicyclic amines) is 1. The van der Waals surface area contributed by atoms with E-state index < -0.39 is 0 Å². The molecular formula is C13H25NO. The van der Waals surface area contributed by atoms with Crippen molar-refractivity contribution in [3.63, 3.8) is 0 Å². The van der Waals surface area contributed by atoms with Gasteiger partial charge in [-0.1, -0.05) is 26.2 Å². The van der Waals surface area contributed by atoms with E-state index in [-0.39, 0.29) is 0 Å². The Labute approximate surface area is 93.7 Å². The second-order valence-corrected chi connectivity index (χ2v) is 5.54. The first-order valence-electron chi connectivity index (χ1n) is 6.64. The molecule has 88 valence electrons. The van der Waals surface area contributed by atoms with Crippen LogP contribution in [0.2, 0.25) is 0 Å². The Morgan fingerprint density at radius 3 is 2.40 bits per heavy atom. The van der Waals surface area contributed by atoms with Crippen LogP contribution in [-0.2, 0) is 0 Å². The summed E-state index contributed by atoms with van der Waals surface area (Å²) in [6.07, 6.45) is 9.42. The average Bonchev–Trinajstić information content (AvgIpc) is 2.24. The van der Waals surface area contributed by atoms with Crippen LogP contribution in [0.25, 0.3) is 0 Å². The molecule has 0 aromatic rings. The number of hydrogen-bond donors (Lipinski definition) is 1. The Bertz CT molecular complexity index is 191. The zero-order chi connectivity index (χ0) is 10.7. The summed E-state index contributed by atoms with van der Waals surface area (Å²) in [4.78, 5) is 2.60. The Morgan fingerprint density at radius 1 is 1.20 bits per heavy atom. The van der Waals surface area contributed by atoms with Crippen LogP contribution >= 0.6 is 0 Å². The monoisotopic (exact) mass is 211 g/mol. The predicted molar refractivity (Wildman–Crippen MR) is 62.9 cm³/mol. The third-order valence-corrected chi connectivity index (χ3v) is 4.44. The van der Waals surface area contributed by atoms with E-state index >= 15 is 0 Å². The molecule has 0 radical (unpaired) electrons. The van der Waals surface area contributed by atoms with Gasteiger partial charge in [0.25, 0.3) is 0 Å². The molecule has 1 heterocycles. The summed E-state index contributed by atoms with van der Waals surface area (Å²) < 4.78 is 0. The van der Waals surface area contributed by atoms with Gasteiger partial charge in [0.1, 0.15) is 0 Å². The van der Waals surface area contributed by atoms with Crippen LogP contribution in [0.3, 0.4) is 0 Å². The van der Waals surface area contributed by atoms with Gasteiger partial charge in [-0.05, 0) is 31.1 Å². The van der Waals surface area contributed by atoms with E-state index in [0.29, 0.717) is 18.1 Å². The van der Waals surface area contributed by atoms with Crippen LogP contribution in [0, 0.1) is 5.41 Å². The first kappa shape index (κ1) is 11.4. The molecular weight excluding hydrogens is 186 g/mol. The highest BCUT2D eigenvalue weighted by Gasteiger charge is 2.44. The van der Waals surface area contributed by atoms with Crippen molar-refractivity contribution in [2.45, 2.75) is 57.9 Å². The topological polar surface area (TPSA) is 23.5 Å². The molecule has 1 N–H and O–H groups in total. The second-order valence-electron chi connectivity index (χ2n) is 5.54. The molecule has 2 rings (SSSR count). The van der Waals surface area contributed by atoms with Gasteiger partial charge in [0.05, 0.1) is 0 Å². The zero-order valence-electron chi connectivity index (χ0n) is 10.0. The lowest BCUT2D eigenvalue weighted by Crippen LogP contribution is -2.60. The summed E-state index contributed by atoms with van der Waals surface area (Å²) >= 11 is 0. The van der Waals surface area contributed by atoms with E-state index in [4.69, 9.17) is 5.11 Å². The smallest absolute Gasteiger partial charge is 0.0445 e. The van der Waals surface area contributed by atoms with Crippen LogP contribution in [0.4, 0.5) is 0 Å². The molecule has 0 bridgehead atoms. The summed E-state index contributed by atoms with van der Waals surface area (Å²) in [7, 11) is 0. The van der Waals surface area contributed by atoms with Gasteiger partial charge in [0, 0.05) is 25.7 Å². The third kappa shape index (κ3) is 2.36. The van der Waals surface area contributed by atoms with Gasteiger partial charge in [-0.25, -0.2) is 0 Å². The normalized spacial score (nSPS) is 27.6. The Kier molecular flexibility index (Phi) is 3.68. The van der Waals surface area contributed by atoms with Crippen molar-refractivity contribution < 1.29 is 5.11 Å². The lowest BCUT2D eigenvalue weighted by molar-refractivity contribution is -0.0602. The summed E-state index contributed by atoms with van der Waals surface area (Å²) in [6, 6.07) is 0.641. The molecule has 1 saturated heterocycles. The fourth-order valence-electron chi connectivity index (χ4n) is 3.49. The average molecular weight is 211 g/mol. The fraction of sp³-hybridized carbons (Fsp3) is 1.00. The maximum atomic E-state index is 9.01. The molecule has 1 atom stereocenters. The van der Waals surface area contributed by atoms with Crippen LogP contribution in [0.5, 0.6) is 0 Å². The molecule has 2 aliphatic rings. The van der Waals surface area contributed by atoms with Crippen molar-refractivity contribution in [2.24, 2.45) is 5.41 Å². The number of aliphatic hydroxyl groups is 1. The maximum Gasteiger partial charge on any atom is 0.0445 e. The molecule has 1 aliphatic heterocycles. The highest BCUT2D eigenvalue weighted by molar-refractivity contribution is 4.98. The molecule has 2 nitrogen and oxygen atoms in total. The van der Waals surface area contributed by atoms with Crippen molar-refractivity contribution in [1.29, 1.82) is 0 Å². The molecule has 2 fully saturated rings. The number of nitrogens with zero attached hydrogens (tertiary/aromatic N) is 1. The van der Waals surface area contributed by atoms with E-state index in [0.717, 1.165) is 6.42 Å². The Morgan fingerprint density at radius 2 is 1.87 bits per heavy atom. The lowest BCUT2D eigenvalue weighted by Gasteiger charge is -2.55. The van der Waals surface area contributed by atoms with Crippen LogP contribution < -0.4 is 0 Å². The van der Waals surface area contributed by atoms with Crippen molar-refractivity contribution in [3.8, 4) is 0 Å². The third-order valence-electron chi connectivity index (χ3n) is 4.44. The van der Waals surface area contributed by atoms with E-state index in [1.165, 1.54) is 51.6 Å². The van der Waals surface area contributed by atoms with Gasteiger partial charge in [0.2, 0.25) is 0 Å². The van der Waals surface area contributed by atoms with Gasteiger partial charge in [0.15, 0.2) is 0 Å². The lowest BCUT2D eigenvalue weighted by atomic mass is 9.68. The molecule has 0 amide bonds. The first-order valence-corrected chi connectivity index (χ1v) is 6.64. The second kappa shape index (κ2) is 4.84. The minimum Gasteiger partial charge on any atom is -0.396 e. The predicted octanol–water partition coefficient (Wildman–Crippen LogP) is 2.41. The molecule has 1 unspecified atom stereocenters.